The maximum atomic E-state index is 5.92. The summed E-state index contributed by atoms with van der Waals surface area (Å²) in [4.78, 5) is 7.06. The van der Waals surface area contributed by atoms with Crippen LogP contribution in [0, 0.1) is 12.8 Å². The van der Waals surface area contributed by atoms with E-state index >= 15 is 0 Å². The third-order valence-corrected chi connectivity index (χ3v) is 3.55. The molecule has 0 bridgehead atoms. The third-order valence-electron chi connectivity index (χ3n) is 3.55. The van der Waals surface area contributed by atoms with Crippen LogP contribution in [0.1, 0.15) is 12.2 Å². The number of rotatable bonds is 2. The second kappa shape index (κ2) is 4.15. The highest BCUT2D eigenvalue weighted by Gasteiger charge is 2.20. The number of fused-ring (bicyclic) bond motifs is 1. The van der Waals surface area contributed by atoms with E-state index in [2.05, 4.69) is 39.7 Å². The van der Waals surface area contributed by atoms with Gasteiger partial charge in [0.15, 0.2) is 0 Å². The molecule has 17 heavy (non-hydrogen) atoms. The lowest BCUT2D eigenvalue weighted by Crippen LogP contribution is -2.21. The van der Waals surface area contributed by atoms with Crippen molar-refractivity contribution in [3.63, 3.8) is 0 Å². The number of hydrogen-bond donors (Lipinski definition) is 0. The van der Waals surface area contributed by atoms with Gasteiger partial charge in [-0.15, -0.1) is 0 Å². The average molecular weight is 227 g/mol. The van der Waals surface area contributed by atoms with Crippen LogP contribution in [-0.4, -0.2) is 27.5 Å². The molecule has 1 unspecified atom stereocenters. The highest BCUT2D eigenvalue weighted by Crippen LogP contribution is 2.19. The number of hydrogen-bond acceptors (Lipinski definition) is 2. The second-order valence-corrected chi connectivity index (χ2v) is 4.86. The maximum absolute atomic E-state index is 5.92. The van der Waals surface area contributed by atoms with Crippen molar-refractivity contribution < 1.29 is 0 Å². The quantitative estimate of drug-likeness (QED) is 0.783. The van der Waals surface area contributed by atoms with Crippen LogP contribution in [0.25, 0.3) is 11.0 Å². The molecule has 1 saturated heterocycles. The fourth-order valence-corrected chi connectivity index (χ4v) is 2.54. The van der Waals surface area contributed by atoms with Gasteiger partial charge in [-0.05, 0) is 37.9 Å². The van der Waals surface area contributed by atoms with Gasteiger partial charge in [0.1, 0.15) is 5.82 Å². The van der Waals surface area contributed by atoms with Crippen LogP contribution in [0.2, 0.25) is 0 Å². The number of aryl methyl sites for hydroxylation is 1. The van der Waals surface area contributed by atoms with Gasteiger partial charge in [-0.1, -0.05) is 12.1 Å². The summed E-state index contributed by atoms with van der Waals surface area (Å²) in [5, 5.41) is 0. The van der Waals surface area contributed by atoms with Gasteiger partial charge < -0.3 is 4.57 Å². The lowest BCUT2D eigenvalue weighted by molar-refractivity contribution is 0.312. The fourth-order valence-electron chi connectivity index (χ4n) is 2.54. The standard InChI is InChI=1S/C14H17N3/c1-11-7-8-17(9-11)10-14-15-12-5-3-4-6-13(12)16(14)2/h1,3-6,11H,7-10H2,2H3. The van der Waals surface area contributed by atoms with Gasteiger partial charge in [-0.25, -0.2) is 4.98 Å². The van der Waals surface area contributed by atoms with Gasteiger partial charge >= 0.3 is 0 Å². The zero-order chi connectivity index (χ0) is 11.8. The first-order valence-corrected chi connectivity index (χ1v) is 6.12. The maximum Gasteiger partial charge on any atom is 0.123 e. The summed E-state index contributed by atoms with van der Waals surface area (Å²) in [7, 11) is 2.08. The molecule has 1 aromatic carbocycles. The Kier molecular flexibility index (Phi) is 2.63. The lowest BCUT2D eigenvalue weighted by atomic mass is 10.2. The molecule has 3 heteroatoms. The van der Waals surface area contributed by atoms with E-state index < -0.39 is 0 Å². The smallest absolute Gasteiger partial charge is 0.123 e. The molecule has 0 aliphatic carbocycles. The zero-order valence-corrected chi connectivity index (χ0v) is 10.1. The number of para-hydroxylation sites is 2. The summed E-state index contributed by atoms with van der Waals surface area (Å²) in [5.74, 6) is 1.46. The molecule has 3 nitrogen and oxygen atoms in total. The minimum atomic E-state index is 0.338. The number of benzene rings is 1. The van der Waals surface area contributed by atoms with E-state index in [1.807, 2.05) is 6.07 Å². The van der Waals surface area contributed by atoms with Crippen LogP contribution in [0.3, 0.4) is 0 Å². The summed E-state index contributed by atoms with van der Waals surface area (Å²) in [6.45, 7) is 8.90. The van der Waals surface area contributed by atoms with Crippen LogP contribution in [0.4, 0.5) is 0 Å². The highest BCUT2D eigenvalue weighted by molar-refractivity contribution is 5.75. The van der Waals surface area contributed by atoms with Crippen LogP contribution >= 0.6 is 0 Å². The van der Waals surface area contributed by atoms with Crippen LogP contribution < -0.4 is 0 Å². The Labute approximate surface area is 102 Å². The molecule has 88 valence electrons. The minimum Gasteiger partial charge on any atom is -0.330 e. The molecule has 2 radical (unpaired) electrons. The first kappa shape index (κ1) is 10.8. The van der Waals surface area contributed by atoms with Gasteiger partial charge in [-0.3, -0.25) is 4.90 Å². The molecule has 1 fully saturated rings. The van der Waals surface area contributed by atoms with E-state index in [1.54, 1.807) is 0 Å². The molecule has 2 aromatic rings. The number of likely N-dealkylation sites (tertiary alicyclic amines) is 1. The molecule has 1 aliphatic heterocycles. The normalized spacial score (nSPS) is 21.4. The molecule has 1 atom stereocenters. The van der Waals surface area contributed by atoms with Crippen molar-refractivity contribution in [2.45, 2.75) is 13.0 Å². The number of aromatic nitrogens is 2. The van der Waals surface area contributed by atoms with Crippen molar-refractivity contribution in [2.75, 3.05) is 13.1 Å². The Balaban J connectivity index is 1.88. The summed E-state index contributed by atoms with van der Waals surface area (Å²) < 4.78 is 2.18. The molecular weight excluding hydrogens is 210 g/mol. The van der Waals surface area contributed by atoms with Crippen molar-refractivity contribution in [3.05, 3.63) is 37.0 Å². The topological polar surface area (TPSA) is 21.1 Å². The van der Waals surface area contributed by atoms with Crippen molar-refractivity contribution >= 4 is 11.0 Å². The molecule has 3 rings (SSSR count). The predicted molar refractivity (Wildman–Crippen MR) is 68.4 cm³/mol. The lowest BCUT2D eigenvalue weighted by Gasteiger charge is -2.14. The van der Waals surface area contributed by atoms with E-state index in [0.717, 1.165) is 37.4 Å². The molecule has 2 heterocycles. The molecule has 1 aromatic heterocycles. The Morgan fingerprint density at radius 1 is 1.41 bits per heavy atom. The van der Waals surface area contributed by atoms with Crippen molar-refractivity contribution in [1.82, 2.24) is 14.5 Å². The van der Waals surface area contributed by atoms with Crippen LogP contribution in [0.5, 0.6) is 0 Å². The third kappa shape index (κ3) is 1.95. The first-order chi connectivity index (χ1) is 8.24. The SMILES string of the molecule is [CH]C1CCN(Cc2nc3ccccc3n2C)C1. The van der Waals surface area contributed by atoms with Gasteiger partial charge in [0.25, 0.3) is 0 Å². The van der Waals surface area contributed by atoms with Crippen LogP contribution in [-0.2, 0) is 13.6 Å². The molecule has 0 saturated carbocycles. The van der Waals surface area contributed by atoms with E-state index in [-0.39, 0.29) is 0 Å². The van der Waals surface area contributed by atoms with Gasteiger partial charge in [-0.2, -0.15) is 0 Å². The van der Waals surface area contributed by atoms with Gasteiger partial charge in [0.05, 0.1) is 17.6 Å². The summed E-state index contributed by atoms with van der Waals surface area (Å²) >= 11 is 0. The van der Waals surface area contributed by atoms with E-state index in [4.69, 9.17) is 6.92 Å². The predicted octanol–water partition coefficient (Wildman–Crippen LogP) is 2.11. The Bertz CT molecular complexity index is 529. The Morgan fingerprint density at radius 2 is 2.24 bits per heavy atom. The molecule has 0 amide bonds. The summed E-state index contributed by atoms with van der Waals surface area (Å²) in [6, 6.07) is 8.26. The summed E-state index contributed by atoms with van der Waals surface area (Å²) in [6.07, 6.45) is 1.10. The van der Waals surface area contributed by atoms with Crippen molar-refractivity contribution in [3.8, 4) is 0 Å². The monoisotopic (exact) mass is 227 g/mol. The zero-order valence-electron chi connectivity index (χ0n) is 10.1. The van der Waals surface area contributed by atoms with E-state index in [0.29, 0.717) is 5.92 Å². The van der Waals surface area contributed by atoms with E-state index in [9.17, 15) is 0 Å². The molecule has 1 aliphatic rings. The summed E-state index contributed by atoms with van der Waals surface area (Å²) in [5.41, 5.74) is 2.28. The van der Waals surface area contributed by atoms with E-state index in [1.165, 1.54) is 5.52 Å². The van der Waals surface area contributed by atoms with Gasteiger partial charge in [0.2, 0.25) is 0 Å². The van der Waals surface area contributed by atoms with Crippen molar-refractivity contribution in [2.24, 2.45) is 13.0 Å². The number of imidazole rings is 1. The molecule has 0 N–H and O–H groups in total. The first-order valence-electron chi connectivity index (χ1n) is 6.12. The highest BCUT2D eigenvalue weighted by atomic mass is 15.2. The largest absolute Gasteiger partial charge is 0.330 e. The molecular formula is C14H17N3. The minimum absolute atomic E-state index is 0.338. The number of nitrogens with zero attached hydrogens (tertiary/aromatic N) is 3. The van der Waals surface area contributed by atoms with Crippen LogP contribution in [0.15, 0.2) is 24.3 Å². The Hall–Kier alpha value is -1.35. The molecule has 0 spiro atoms. The second-order valence-electron chi connectivity index (χ2n) is 4.86. The van der Waals surface area contributed by atoms with Crippen molar-refractivity contribution in [1.29, 1.82) is 0 Å². The van der Waals surface area contributed by atoms with Gasteiger partial charge in [0, 0.05) is 13.6 Å². The Morgan fingerprint density at radius 3 is 2.94 bits per heavy atom. The average Bonchev–Trinajstić information content (AvgIpc) is 2.86. The fraction of sp³-hybridized carbons (Fsp3) is 0.429.